The Bertz CT molecular complexity index is 447. The predicted octanol–water partition coefficient (Wildman–Crippen LogP) is 2.36. The van der Waals surface area contributed by atoms with Crippen molar-refractivity contribution in [3.63, 3.8) is 0 Å². The van der Waals surface area contributed by atoms with Gasteiger partial charge in [-0.15, -0.1) is 5.06 Å². The molecule has 0 saturated carbocycles. The first-order chi connectivity index (χ1) is 10.1. The molecule has 21 heavy (non-hydrogen) atoms. The Labute approximate surface area is 131 Å². The lowest BCUT2D eigenvalue weighted by atomic mass is 10.4. The lowest BCUT2D eigenvalue weighted by Crippen LogP contribution is -2.32. The van der Waals surface area contributed by atoms with Gasteiger partial charge >= 0.3 is 5.97 Å². The van der Waals surface area contributed by atoms with Gasteiger partial charge in [-0.3, -0.25) is 14.6 Å². The Kier molecular flexibility index (Phi) is 8.14. The molecule has 1 fully saturated rings. The van der Waals surface area contributed by atoms with Crippen molar-refractivity contribution < 1.29 is 19.2 Å². The molecule has 0 aromatic rings. The van der Waals surface area contributed by atoms with Crippen LogP contribution in [-0.2, 0) is 19.2 Å². The van der Waals surface area contributed by atoms with Gasteiger partial charge in [0.2, 0.25) is 0 Å². The van der Waals surface area contributed by atoms with Crippen molar-refractivity contribution in [2.45, 2.75) is 33.1 Å². The van der Waals surface area contributed by atoms with Gasteiger partial charge in [-0.25, -0.2) is 4.79 Å². The van der Waals surface area contributed by atoms with Crippen LogP contribution in [0.5, 0.6) is 0 Å². The second-order valence-electron chi connectivity index (χ2n) is 4.01. The summed E-state index contributed by atoms with van der Waals surface area (Å²) in [6.45, 7) is 4.57. The average Bonchev–Trinajstić information content (AvgIpc) is 2.76. The van der Waals surface area contributed by atoms with Gasteiger partial charge in [0, 0.05) is 25.1 Å². The van der Waals surface area contributed by atoms with Gasteiger partial charge in [-0.05, 0) is 30.7 Å². The molecule has 0 bridgehead atoms. The minimum atomic E-state index is -0.577. The first kappa shape index (κ1) is 17.8. The van der Waals surface area contributed by atoms with E-state index >= 15 is 0 Å². The summed E-state index contributed by atoms with van der Waals surface area (Å²) in [7, 11) is 2.96. The summed E-state index contributed by atoms with van der Waals surface area (Å²) < 4.78 is 0. The van der Waals surface area contributed by atoms with Crippen LogP contribution in [0, 0.1) is 0 Å². The predicted molar refractivity (Wildman–Crippen MR) is 84.6 cm³/mol. The Morgan fingerprint density at radius 3 is 2.62 bits per heavy atom. The standard InChI is InChI=1S/C13H18N2O4S2/c1-3-5-10(14-4-2)21-20-9-8-13(18)19-15-11(16)6-7-12(15)17/h3,5H,4,6-9H2,1-2H3/b5-3-,14-10?. The summed E-state index contributed by atoms with van der Waals surface area (Å²) in [5.74, 6) is -0.978. The molecule has 1 aliphatic heterocycles. The van der Waals surface area contributed by atoms with Crippen molar-refractivity contribution >= 4 is 44.4 Å². The minimum Gasteiger partial charge on any atom is -0.330 e. The third-order valence-corrected chi connectivity index (χ3v) is 4.65. The maximum Gasteiger partial charge on any atom is 0.334 e. The molecule has 1 aliphatic rings. The zero-order chi connectivity index (χ0) is 15.7. The highest BCUT2D eigenvalue weighted by molar-refractivity contribution is 8.82. The molecule has 8 heteroatoms. The molecule has 0 aromatic heterocycles. The summed E-state index contributed by atoms with van der Waals surface area (Å²) >= 11 is 0. The third kappa shape index (κ3) is 6.34. The molecule has 2 amide bonds. The maximum absolute atomic E-state index is 11.6. The molecule has 0 atom stereocenters. The van der Waals surface area contributed by atoms with E-state index in [1.54, 1.807) is 0 Å². The SMILES string of the molecule is C/C=C\C(=NCC)SSCCC(=O)ON1C(=O)CCC1=O. The summed E-state index contributed by atoms with van der Waals surface area (Å²) in [5, 5.41) is 1.47. The van der Waals surface area contributed by atoms with E-state index in [1.165, 1.54) is 21.6 Å². The van der Waals surface area contributed by atoms with Crippen LogP contribution >= 0.6 is 21.6 Å². The number of aliphatic imine (C=N–C) groups is 1. The van der Waals surface area contributed by atoms with Gasteiger partial charge in [0.05, 0.1) is 6.42 Å². The van der Waals surface area contributed by atoms with Crippen LogP contribution < -0.4 is 0 Å². The van der Waals surface area contributed by atoms with E-state index in [0.717, 1.165) is 5.04 Å². The second kappa shape index (κ2) is 9.62. The molecular weight excluding hydrogens is 312 g/mol. The monoisotopic (exact) mass is 330 g/mol. The highest BCUT2D eigenvalue weighted by atomic mass is 33.1. The number of nitrogens with zero attached hydrogens (tertiary/aromatic N) is 2. The second-order valence-corrected chi connectivity index (χ2v) is 6.45. The first-order valence-corrected chi connectivity index (χ1v) is 8.93. The number of hydrogen-bond acceptors (Lipinski definition) is 7. The zero-order valence-corrected chi connectivity index (χ0v) is 13.7. The molecule has 0 N–H and O–H groups in total. The van der Waals surface area contributed by atoms with E-state index in [-0.39, 0.29) is 19.3 Å². The highest BCUT2D eigenvalue weighted by Crippen LogP contribution is 2.25. The van der Waals surface area contributed by atoms with Crippen LogP contribution in [0.1, 0.15) is 33.1 Å². The van der Waals surface area contributed by atoms with Crippen molar-refractivity contribution in [3.05, 3.63) is 12.2 Å². The fourth-order valence-corrected chi connectivity index (χ4v) is 3.45. The highest BCUT2D eigenvalue weighted by Gasteiger charge is 2.32. The van der Waals surface area contributed by atoms with E-state index in [4.69, 9.17) is 4.84 Å². The lowest BCUT2D eigenvalue weighted by Gasteiger charge is -2.12. The molecular formula is C13H18N2O4S2. The number of hydroxylamine groups is 2. The van der Waals surface area contributed by atoms with Crippen LogP contribution in [0.25, 0.3) is 0 Å². The summed E-state index contributed by atoms with van der Waals surface area (Å²) in [5.41, 5.74) is 0. The van der Waals surface area contributed by atoms with Crippen LogP contribution in [0.2, 0.25) is 0 Å². The smallest absolute Gasteiger partial charge is 0.330 e. The summed E-state index contributed by atoms with van der Waals surface area (Å²) in [6, 6.07) is 0. The van der Waals surface area contributed by atoms with Gasteiger partial charge in [0.1, 0.15) is 5.04 Å². The average molecular weight is 330 g/mol. The molecule has 0 unspecified atom stereocenters. The Morgan fingerprint density at radius 1 is 1.38 bits per heavy atom. The fraction of sp³-hybridized carbons (Fsp3) is 0.538. The molecule has 116 valence electrons. The van der Waals surface area contributed by atoms with E-state index in [1.807, 2.05) is 26.0 Å². The largest absolute Gasteiger partial charge is 0.334 e. The van der Waals surface area contributed by atoms with Crippen LogP contribution in [-0.4, -0.2) is 40.2 Å². The Morgan fingerprint density at radius 2 is 2.05 bits per heavy atom. The molecule has 0 aliphatic carbocycles. The van der Waals surface area contributed by atoms with Crippen molar-refractivity contribution in [2.75, 3.05) is 12.3 Å². The summed E-state index contributed by atoms with van der Waals surface area (Å²) in [4.78, 5) is 43.2. The molecule has 6 nitrogen and oxygen atoms in total. The van der Waals surface area contributed by atoms with E-state index in [2.05, 4.69) is 4.99 Å². The van der Waals surface area contributed by atoms with Crippen molar-refractivity contribution in [1.82, 2.24) is 5.06 Å². The quantitative estimate of drug-likeness (QED) is 0.234. The maximum atomic E-state index is 11.6. The zero-order valence-electron chi connectivity index (χ0n) is 12.0. The number of hydrogen-bond donors (Lipinski definition) is 0. The van der Waals surface area contributed by atoms with Crippen molar-refractivity contribution in [2.24, 2.45) is 4.99 Å². The summed E-state index contributed by atoms with van der Waals surface area (Å²) in [6.07, 6.45) is 4.15. The van der Waals surface area contributed by atoms with Gasteiger partial charge in [-0.2, -0.15) is 0 Å². The Hall–Kier alpha value is -1.28. The van der Waals surface area contributed by atoms with Crippen LogP contribution in [0.15, 0.2) is 17.1 Å². The third-order valence-electron chi connectivity index (χ3n) is 2.36. The van der Waals surface area contributed by atoms with E-state index < -0.39 is 17.8 Å². The molecule has 0 radical (unpaired) electrons. The number of imide groups is 1. The number of allylic oxidation sites excluding steroid dienone is 1. The van der Waals surface area contributed by atoms with Crippen LogP contribution in [0.4, 0.5) is 0 Å². The minimum absolute atomic E-state index is 0.108. The molecule has 1 rings (SSSR count). The number of carbonyl (C=O) groups excluding carboxylic acids is 3. The number of carbonyl (C=O) groups is 3. The Balaban J connectivity index is 2.26. The van der Waals surface area contributed by atoms with Crippen molar-refractivity contribution in [3.8, 4) is 0 Å². The topological polar surface area (TPSA) is 76.0 Å². The molecule has 0 spiro atoms. The fourth-order valence-electron chi connectivity index (χ4n) is 1.44. The first-order valence-electron chi connectivity index (χ1n) is 6.61. The number of amides is 2. The van der Waals surface area contributed by atoms with Gasteiger partial charge in [0.25, 0.3) is 11.8 Å². The van der Waals surface area contributed by atoms with Gasteiger partial charge < -0.3 is 4.84 Å². The van der Waals surface area contributed by atoms with E-state index in [0.29, 0.717) is 17.4 Å². The molecule has 0 aromatic carbocycles. The normalized spacial score (nSPS) is 16.1. The van der Waals surface area contributed by atoms with Crippen LogP contribution in [0.3, 0.4) is 0 Å². The van der Waals surface area contributed by atoms with Crippen molar-refractivity contribution in [1.29, 1.82) is 0 Å². The number of rotatable bonds is 7. The molecule has 1 heterocycles. The lowest BCUT2D eigenvalue weighted by molar-refractivity contribution is -0.197. The molecule has 1 saturated heterocycles. The van der Waals surface area contributed by atoms with Gasteiger partial charge in [-0.1, -0.05) is 16.9 Å². The van der Waals surface area contributed by atoms with Gasteiger partial charge in [0.15, 0.2) is 0 Å². The van der Waals surface area contributed by atoms with E-state index in [9.17, 15) is 14.4 Å².